The van der Waals surface area contributed by atoms with Crippen LogP contribution in [0.3, 0.4) is 0 Å². The highest BCUT2D eigenvalue weighted by molar-refractivity contribution is 5.79. The normalized spacial score (nSPS) is 15.9. The number of rotatable bonds is 1. The van der Waals surface area contributed by atoms with Crippen molar-refractivity contribution in [1.82, 2.24) is 4.98 Å². The summed E-state index contributed by atoms with van der Waals surface area (Å²) in [7, 11) is 0. The highest BCUT2D eigenvalue weighted by atomic mass is 19.2. The standard InChI is InChI=1S/C22H25F2N3/c23-18-12-11-15(13-19(18)24)21-16-9-7-5-3-1-2-4-6-8-10-20(16)27-22(26)17(21)14-25/h11-13H,1-10H2,(H2,26,27). The third-order valence-corrected chi connectivity index (χ3v) is 5.32. The number of halogens is 2. The van der Waals surface area contributed by atoms with Crippen molar-refractivity contribution >= 4 is 5.82 Å². The van der Waals surface area contributed by atoms with Crippen molar-refractivity contribution in [3.63, 3.8) is 0 Å². The summed E-state index contributed by atoms with van der Waals surface area (Å²) in [4.78, 5) is 4.53. The van der Waals surface area contributed by atoms with Crippen LogP contribution in [0.5, 0.6) is 0 Å². The summed E-state index contributed by atoms with van der Waals surface area (Å²) < 4.78 is 27.3. The number of nitrogens with zero attached hydrogens (tertiary/aromatic N) is 2. The van der Waals surface area contributed by atoms with Crippen LogP contribution in [0, 0.1) is 23.0 Å². The summed E-state index contributed by atoms with van der Waals surface area (Å²) >= 11 is 0. The van der Waals surface area contributed by atoms with Gasteiger partial charge in [-0.3, -0.25) is 0 Å². The van der Waals surface area contributed by atoms with Crippen LogP contribution in [0.4, 0.5) is 14.6 Å². The fourth-order valence-electron chi connectivity index (χ4n) is 3.91. The van der Waals surface area contributed by atoms with Crippen LogP contribution in [0.2, 0.25) is 0 Å². The molecule has 0 fully saturated rings. The van der Waals surface area contributed by atoms with Gasteiger partial charge in [0.15, 0.2) is 11.6 Å². The van der Waals surface area contributed by atoms with Gasteiger partial charge in [0.25, 0.3) is 0 Å². The van der Waals surface area contributed by atoms with E-state index in [1.54, 1.807) is 0 Å². The molecule has 3 rings (SSSR count). The van der Waals surface area contributed by atoms with Crippen molar-refractivity contribution in [2.24, 2.45) is 0 Å². The van der Waals surface area contributed by atoms with Gasteiger partial charge in [0, 0.05) is 11.3 Å². The average Bonchev–Trinajstić information content (AvgIpc) is 2.64. The molecule has 1 aromatic heterocycles. The van der Waals surface area contributed by atoms with Crippen molar-refractivity contribution in [3.8, 4) is 17.2 Å². The molecule has 142 valence electrons. The Morgan fingerprint density at radius 1 is 0.889 bits per heavy atom. The van der Waals surface area contributed by atoms with Gasteiger partial charge in [0.2, 0.25) is 0 Å². The second-order valence-corrected chi connectivity index (χ2v) is 7.24. The van der Waals surface area contributed by atoms with Gasteiger partial charge in [0.1, 0.15) is 17.5 Å². The van der Waals surface area contributed by atoms with Crippen molar-refractivity contribution in [3.05, 3.63) is 46.7 Å². The second kappa shape index (κ2) is 8.94. The topological polar surface area (TPSA) is 62.7 Å². The molecule has 0 atom stereocenters. The summed E-state index contributed by atoms with van der Waals surface area (Å²) in [5.74, 6) is -1.65. The lowest BCUT2D eigenvalue weighted by Gasteiger charge is -2.18. The first kappa shape index (κ1) is 19.3. The molecule has 1 aliphatic carbocycles. The lowest BCUT2D eigenvalue weighted by molar-refractivity contribution is 0.509. The van der Waals surface area contributed by atoms with E-state index in [1.807, 2.05) is 0 Å². The average molecular weight is 369 g/mol. The molecule has 0 saturated carbocycles. The van der Waals surface area contributed by atoms with E-state index in [0.717, 1.165) is 61.9 Å². The van der Waals surface area contributed by atoms with Crippen molar-refractivity contribution in [2.45, 2.75) is 64.2 Å². The predicted molar refractivity (Wildman–Crippen MR) is 103 cm³/mol. The number of pyridine rings is 1. The van der Waals surface area contributed by atoms with Crippen molar-refractivity contribution in [1.29, 1.82) is 5.26 Å². The molecular formula is C22H25F2N3. The molecule has 0 unspecified atom stereocenters. The van der Waals surface area contributed by atoms with Gasteiger partial charge >= 0.3 is 0 Å². The maximum atomic E-state index is 13.9. The number of nitriles is 1. The molecule has 0 spiro atoms. The van der Waals surface area contributed by atoms with Gasteiger partial charge in [-0.1, -0.05) is 44.6 Å². The number of benzene rings is 1. The molecule has 0 radical (unpaired) electrons. The maximum Gasteiger partial charge on any atom is 0.159 e. The monoisotopic (exact) mass is 369 g/mol. The Balaban J connectivity index is 2.14. The van der Waals surface area contributed by atoms with Gasteiger partial charge in [-0.05, 0) is 48.9 Å². The highest BCUT2D eigenvalue weighted by Crippen LogP contribution is 2.35. The summed E-state index contributed by atoms with van der Waals surface area (Å²) in [6.07, 6.45) is 10.8. The molecule has 1 heterocycles. The predicted octanol–water partition coefficient (Wildman–Crippen LogP) is 5.70. The van der Waals surface area contributed by atoms with Crippen LogP contribution < -0.4 is 5.73 Å². The molecule has 0 amide bonds. The highest BCUT2D eigenvalue weighted by Gasteiger charge is 2.20. The zero-order chi connectivity index (χ0) is 19.2. The smallest absolute Gasteiger partial charge is 0.159 e. The summed E-state index contributed by atoms with van der Waals surface area (Å²) in [5.41, 5.74) is 9.30. The van der Waals surface area contributed by atoms with Crippen LogP contribution in [-0.4, -0.2) is 4.98 Å². The first-order chi connectivity index (χ1) is 13.1. The lowest BCUT2D eigenvalue weighted by Crippen LogP contribution is -2.09. The first-order valence-electron chi connectivity index (χ1n) is 9.78. The van der Waals surface area contributed by atoms with Gasteiger partial charge in [0.05, 0.1) is 0 Å². The molecule has 2 aromatic rings. The fourth-order valence-corrected chi connectivity index (χ4v) is 3.91. The largest absolute Gasteiger partial charge is 0.383 e. The molecule has 2 N–H and O–H groups in total. The Morgan fingerprint density at radius 3 is 2.15 bits per heavy atom. The zero-order valence-electron chi connectivity index (χ0n) is 15.5. The number of hydrogen-bond donors (Lipinski definition) is 1. The molecule has 1 aromatic carbocycles. The van der Waals surface area contributed by atoms with E-state index in [1.165, 1.54) is 31.7 Å². The maximum absolute atomic E-state index is 13.9. The van der Waals surface area contributed by atoms with Crippen molar-refractivity contribution < 1.29 is 8.78 Å². The number of nitrogen functional groups attached to an aromatic ring is 1. The second-order valence-electron chi connectivity index (χ2n) is 7.24. The van der Waals surface area contributed by atoms with Crippen molar-refractivity contribution in [2.75, 3.05) is 5.73 Å². The number of aryl methyl sites for hydroxylation is 1. The van der Waals surface area contributed by atoms with Gasteiger partial charge < -0.3 is 5.73 Å². The Kier molecular flexibility index (Phi) is 6.39. The number of aromatic nitrogens is 1. The number of anilines is 1. The van der Waals surface area contributed by atoms with E-state index >= 15 is 0 Å². The SMILES string of the molecule is N#Cc1c(N)nc2c(c1-c1ccc(F)c(F)c1)CCCCCCCCCC2. The number of nitrogens with two attached hydrogens (primary N) is 1. The van der Waals surface area contributed by atoms with Gasteiger partial charge in [-0.25, -0.2) is 13.8 Å². The Labute approximate surface area is 159 Å². The van der Waals surface area contributed by atoms with E-state index in [0.29, 0.717) is 11.1 Å². The molecule has 0 saturated heterocycles. The summed E-state index contributed by atoms with van der Waals surface area (Å²) in [5, 5.41) is 9.66. The van der Waals surface area contributed by atoms with Crippen LogP contribution in [0.25, 0.3) is 11.1 Å². The Morgan fingerprint density at radius 2 is 1.52 bits per heavy atom. The molecule has 0 aliphatic heterocycles. The van der Waals surface area contributed by atoms with E-state index in [4.69, 9.17) is 5.73 Å². The Bertz CT molecular complexity index is 856. The van der Waals surface area contributed by atoms with E-state index in [9.17, 15) is 14.0 Å². The van der Waals surface area contributed by atoms with E-state index < -0.39 is 11.6 Å². The lowest BCUT2D eigenvalue weighted by atomic mass is 9.89. The molecular weight excluding hydrogens is 344 g/mol. The number of fused-ring (bicyclic) bond motifs is 1. The van der Waals surface area contributed by atoms with E-state index in [-0.39, 0.29) is 11.4 Å². The third-order valence-electron chi connectivity index (χ3n) is 5.32. The first-order valence-corrected chi connectivity index (χ1v) is 9.78. The minimum Gasteiger partial charge on any atom is -0.383 e. The summed E-state index contributed by atoms with van der Waals surface area (Å²) in [6.45, 7) is 0. The zero-order valence-corrected chi connectivity index (χ0v) is 15.5. The van der Waals surface area contributed by atoms with Gasteiger partial charge in [-0.15, -0.1) is 0 Å². The van der Waals surface area contributed by atoms with E-state index in [2.05, 4.69) is 11.1 Å². The minimum absolute atomic E-state index is 0.170. The van der Waals surface area contributed by atoms with Crippen LogP contribution >= 0.6 is 0 Å². The minimum atomic E-state index is -0.923. The van der Waals surface area contributed by atoms with Crippen LogP contribution in [0.15, 0.2) is 18.2 Å². The third kappa shape index (κ3) is 4.44. The molecule has 5 heteroatoms. The summed E-state index contributed by atoms with van der Waals surface area (Å²) in [6, 6.07) is 5.90. The molecule has 27 heavy (non-hydrogen) atoms. The fraction of sp³-hybridized carbons (Fsp3) is 0.455. The van der Waals surface area contributed by atoms with Crippen LogP contribution in [-0.2, 0) is 12.8 Å². The van der Waals surface area contributed by atoms with Gasteiger partial charge in [-0.2, -0.15) is 5.26 Å². The quantitative estimate of drug-likeness (QED) is 0.701. The molecule has 3 nitrogen and oxygen atoms in total. The van der Waals surface area contributed by atoms with Crippen LogP contribution in [0.1, 0.15) is 68.2 Å². The molecule has 1 aliphatic rings. The molecule has 0 bridgehead atoms. The number of hydrogen-bond acceptors (Lipinski definition) is 3. The Hall–Kier alpha value is -2.48.